The van der Waals surface area contributed by atoms with Crippen molar-refractivity contribution in [3.05, 3.63) is 0 Å². The molecule has 3 aliphatic heterocycles. The second kappa shape index (κ2) is 4.14. The summed E-state index contributed by atoms with van der Waals surface area (Å²) in [6, 6.07) is 1.66. The number of piperidine rings is 1. The molecule has 0 aromatic heterocycles. The Morgan fingerprint density at radius 3 is 2.24 bits per heavy atom. The standard InChI is InChI=1S/C12H21N3O2/c1-14-8-2-3-9(14)5-10(4-8)15(12(16)17)11-6-13-7-11/h8-11,13H,2-7H2,1H3,(H,16,17)/t8-,9+,10?. The second-order valence-corrected chi connectivity index (χ2v) is 5.68. The Labute approximate surface area is 102 Å². The van der Waals surface area contributed by atoms with Crippen molar-refractivity contribution in [2.45, 2.75) is 49.9 Å². The average molecular weight is 239 g/mol. The summed E-state index contributed by atoms with van der Waals surface area (Å²) in [6.07, 6.45) is 3.80. The molecule has 3 fully saturated rings. The van der Waals surface area contributed by atoms with E-state index in [1.807, 2.05) is 0 Å². The van der Waals surface area contributed by atoms with Crippen LogP contribution in [0, 0.1) is 0 Å². The molecule has 1 unspecified atom stereocenters. The number of carboxylic acid groups (broad SMARTS) is 1. The number of hydrogen-bond donors (Lipinski definition) is 2. The van der Waals surface area contributed by atoms with Crippen molar-refractivity contribution in [1.29, 1.82) is 0 Å². The topological polar surface area (TPSA) is 55.8 Å². The lowest BCUT2D eigenvalue weighted by atomic mass is 9.94. The fraction of sp³-hybridized carbons (Fsp3) is 0.917. The highest BCUT2D eigenvalue weighted by molar-refractivity contribution is 5.66. The highest BCUT2D eigenvalue weighted by Crippen LogP contribution is 2.37. The van der Waals surface area contributed by atoms with Crippen LogP contribution in [0.4, 0.5) is 4.79 Å². The van der Waals surface area contributed by atoms with Crippen molar-refractivity contribution < 1.29 is 9.90 Å². The molecule has 0 aromatic rings. The van der Waals surface area contributed by atoms with Gasteiger partial charge in [0.25, 0.3) is 0 Å². The molecule has 5 nitrogen and oxygen atoms in total. The molecule has 0 spiro atoms. The van der Waals surface area contributed by atoms with Crippen LogP contribution in [0.25, 0.3) is 0 Å². The van der Waals surface area contributed by atoms with E-state index in [9.17, 15) is 9.90 Å². The maximum absolute atomic E-state index is 11.4. The Morgan fingerprint density at radius 1 is 1.24 bits per heavy atom. The SMILES string of the molecule is CN1[C@@H]2CC[C@H]1CC(N(C(=O)O)C1CNC1)C2. The van der Waals surface area contributed by atoms with Crippen molar-refractivity contribution >= 4 is 6.09 Å². The Hall–Kier alpha value is -0.810. The Kier molecular flexibility index (Phi) is 2.75. The molecular weight excluding hydrogens is 218 g/mol. The van der Waals surface area contributed by atoms with Crippen LogP contribution < -0.4 is 5.32 Å². The zero-order valence-corrected chi connectivity index (χ0v) is 10.3. The quantitative estimate of drug-likeness (QED) is 0.739. The van der Waals surface area contributed by atoms with Crippen LogP contribution in [0.2, 0.25) is 0 Å². The van der Waals surface area contributed by atoms with Crippen molar-refractivity contribution in [3.63, 3.8) is 0 Å². The predicted octanol–water partition coefficient (Wildman–Crippen LogP) is 0.563. The van der Waals surface area contributed by atoms with E-state index in [4.69, 9.17) is 0 Å². The van der Waals surface area contributed by atoms with E-state index >= 15 is 0 Å². The Morgan fingerprint density at radius 2 is 1.82 bits per heavy atom. The highest BCUT2D eigenvalue weighted by Gasteiger charge is 2.44. The van der Waals surface area contributed by atoms with Gasteiger partial charge in [-0.3, -0.25) is 4.90 Å². The van der Waals surface area contributed by atoms with Gasteiger partial charge in [0.1, 0.15) is 0 Å². The molecule has 3 heterocycles. The third-order valence-corrected chi connectivity index (χ3v) is 4.84. The number of rotatable bonds is 2. The lowest BCUT2D eigenvalue weighted by Gasteiger charge is -2.46. The molecule has 3 atom stereocenters. The fourth-order valence-electron chi connectivity index (χ4n) is 3.69. The summed E-state index contributed by atoms with van der Waals surface area (Å²) in [7, 11) is 2.19. The molecule has 0 radical (unpaired) electrons. The smallest absolute Gasteiger partial charge is 0.407 e. The van der Waals surface area contributed by atoms with Gasteiger partial charge in [-0.15, -0.1) is 0 Å². The van der Waals surface area contributed by atoms with E-state index in [0.29, 0.717) is 12.1 Å². The molecule has 5 heteroatoms. The fourth-order valence-corrected chi connectivity index (χ4v) is 3.69. The van der Waals surface area contributed by atoms with Gasteiger partial charge in [0.2, 0.25) is 0 Å². The first-order chi connectivity index (χ1) is 8.16. The summed E-state index contributed by atoms with van der Waals surface area (Å²) in [4.78, 5) is 15.6. The number of hydrogen-bond acceptors (Lipinski definition) is 3. The zero-order chi connectivity index (χ0) is 12.0. The molecule has 0 saturated carbocycles. The molecular formula is C12H21N3O2. The maximum atomic E-state index is 11.4. The van der Waals surface area contributed by atoms with Gasteiger partial charge in [0, 0.05) is 31.2 Å². The molecule has 0 aliphatic carbocycles. The molecule has 96 valence electrons. The third-order valence-electron chi connectivity index (χ3n) is 4.84. The first kappa shape index (κ1) is 11.3. The van der Waals surface area contributed by atoms with Crippen LogP contribution >= 0.6 is 0 Å². The predicted molar refractivity (Wildman–Crippen MR) is 64.1 cm³/mol. The number of fused-ring (bicyclic) bond motifs is 2. The van der Waals surface area contributed by atoms with Crippen molar-refractivity contribution in [2.24, 2.45) is 0 Å². The summed E-state index contributed by atoms with van der Waals surface area (Å²) in [5.41, 5.74) is 0. The van der Waals surface area contributed by atoms with Gasteiger partial charge < -0.3 is 15.3 Å². The minimum atomic E-state index is -0.731. The van der Waals surface area contributed by atoms with E-state index in [1.54, 1.807) is 4.90 Å². The molecule has 1 amide bonds. The maximum Gasteiger partial charge on any atom is 0.407 e. The molecule has 2 bridgehead atoms. The van der Waals surface area contributed by atoms with Crippen LogP contribution in [0.3, 0.4) is 0 Å². The first-order valence-electron chi connectivity index (χ1n) is 6.60. The normalized spacial score (nSPS) is 37.8. The summed E-state index contributed by atoms with van der Waals surface area (Å²) in [5, 5.41) is 12.6. The summed E-state index contributed by atoms with van der Waals surface area (Å²) >= 11 is 0. The average Bonchev–Trinajstić information content (AvgIpc) is 2.48. The van der Waals surface area contributed by atoms with E-state index in [-0.39, 0.29) is 12.1 Å². The van der Waals surface area contributed by atoms with Crippen LogP contribution in [0.15, 0.2) is 0 Å². The minimum absolute atomic E-state index is 0.209. The van der Waals surface area contributed by atoms with Gasteiger partial charge in [0.15, 0.2) is 0 Å². The van der Waals surface area contributed by atoms with Crippen molar-refractivity contribution in [1.82, 2.24) is 15.1 Å². The van der Waals surface area contributed by atoms with Crippen LogP contribution in [-0.2, 0) is 0 Å². The lowest BCUT2D eigenvalue weighted by Crippen LogP contribution is -2.63. The Balaban J connectivity index is 1.72. The molecule has 2 N–H and O–H groups in total. The van der Waals surface area contributed by atoms with Crippen molar-refractivity contribution in [3.8, 4) is 0 Å². The molecule has 3 saturated heterocycles. The van der Waals surface area contributed by atoms with E-state index in [1.165, 1.54) is 12.8 Å². The molecule has 0 aromatic carbocycles. The van der Waals surface area contributed by atoms with Gasteiger partial charge in [-0.1, -0.05) is 0 Å². The number of nitrogens with zero attached hydrogens (tertiary/aromatic N) is 2. The largest absolute Gasteiger partial charge is 0.465 e. The summed E-state index contributed by atoms with van der Waals surface area (Å²) < 4.78 is 0. The van der Waals surface area contributed by atoms with Gasteiger partial charge in [-0.2, -0.15) is 0 Å². The first-order valence-corrected chi connectivity index (χ1v) is 6.60. The monoisotopic (exact) mass is 239 g/mol. The van der Waals surface area contributed by atoms with Gasteiger partial charge in [0.05, 0.1) is 6.04 Å². The van der Waals surface area contributed by atoms with E-state index < -0.39 is 6.09 Å². The van der Waals surface area contributed by atoms with Crippen LogP contribution in [0.5, 0.6) is 0 Å². The third kappa shape index (κ3) is 1.81. The molecule has 3 rings (SSSR count). The summed E-state index contributed by atoms with van der Waals surface area (Å²) in [6.45, 7) is 1.65. The second-order valence-electron chi connectivity index (χ2n) is 5.68. The number of amides is 1. The molecule has 17 heavy (non-hydrogen) atoms. The highest BCUT2D eigenvalue weighted by atomic mass is 16.4. The number of nitrogens with one attached hydrogen (secondary N) is 1. The molecule has 3 aliphatic rings. The van der Waals surface area contributed by atoms with Crippen LogP contribution in [-0.4, -0.2) is 65.3 Å². The zero-order valence-electron chi connectivity index (χ0n) is 10.3. The van der Waals surface area contributed by atoms with Crippen LogP contribution in [0.1, 0.15) is 25.7 Å². The van der Waals surface area contributed by atoms with E-state index in [2.05, 4.69) is 17.3 Å². The van der Waals surface area contributed by atoms with Gasteiger partial charge >= 0.3 is 6.09 Å². The van der Waals surface area contributed by atoms with Crippen molar-refractivity contribution in [2.75, 3.05) is 20.1 Å². The number of carbonyl (C=O) groups is 1. The van der Waals surface area contributed by atoms with E-state index in [0.717, 1.165) is 25.9 Å². The minimum Gasteiger partial charge on any atom is -0.465 e. The lowest BCUT2D eigenvalue weighted by molar-refractivity contribution is 0.0347. The van der Waals surface area contributed by atoms with Gasteiger partial charge in [-0.25, -0.2) is 4.79 Å². The summed E-state index contributed by atoms with van der Waals surface area (Å²) in [5.74, 6) is 0. The Bertz CT molecular complexity index is 305. The van der Waals surface area contributed by atoms with Gasteiger partial charge in [-0.05, 0) is 32.7 Å².